The van der Waals surface area contributed by atoms with Gasteiger partial charge in [-0.1, -0.05) is 0 Å². The zero-order valence-corrected chi connectivity index (χ0v) is 13.4. The third-order valence-electron chi connectivity index (χ3n) is 3.88. The number of hydrogen-bond acceptors (Lipinski definition) is 6. The van der Waals surface area contributed by atoms with Gasteiger partial charge >= 0.3 is 0 Å². The normalized spacial score (nSPS) is 16.8. The van der Waals surface area contributed by atoms with Crippen LogP contribution < -0.4 is 10.1 Å². The van der Waals surface area contributed by atoms with Crippen LogP contribution in [0.2, 0.25) is 0 Å². The molecule has 0 aliphatic carbocycles. The van der Waals surface area contributed by atoms with Gasteiger partial charge in [0.2, 0.25) is 5.88 Å². The first-order chi connectivity index (χ1) is 11.6. The van der Waals surface area contributed by atoms with Crippen LogP contribution in [0.3, 0.4) is 0 Å². The number of non-ortho nitro benzene ring substituents is 1. The number of nitro groups is 1. The predicted octanol–water partition coefficient (Wildman–Crippen LogP) is 3.08. The molecule has 0 saturated carbocycles. The van der Waals surface area contributed by atoms with E-state index in [1.165, 1.54) is 6.07 Å². The molecule has 1 aromatic carbocycles. The number of nitro benzene ring substituents is 1. The van der Waals surface area contributed by atoms with Gasteiger partial charge in [-0.05, 0) is 30.2 Å². The lowest BCUT2D eigenvalue weighted by molar-refractivity contribution is -0.384. The molecule has 7 nitrogen and oxygen atoms in total. The Morgan fingerprint density at radius 2 is 2.29 bits per heavy atom. The molecule has 126 valence electrons. The minimum atomic E-state index is -0.393. The molecule has 3 rings (SSSR count). The van der Waals surface area contributed by atoms with E-state index in [4.69, 9.17) is 9.47 Å². The molecule has 2 aromatic rings. The van der Waals surface area contributed by atoms with Crippen molar-refractivity contribution in [3.05, 3.63) is 57.8 Å². The minimum Gasteiger partial charge on any atom is -0.472 e. The fourth-order valence-corrected chi connectivity index (χ4v) is 2.56. The zero-order chi connectivity index (χ0) is 16.9. The summed E-state index contributed by atoms with van der Waals surface area (Å²) in [7, 11) is 0. The van der Waals surface area contributed by atoms with Crippen molar-refractivity contribution in [2.45, 2.75) is 26.0 Å². The van der Waals surface area contributed by atoms with Gasteiger partial charge in [-0.3, -0.25) is 10.1 Å². The Morgan fingerprint density at radius 3 is 3.00 bits per heavy atom. The number of aryl methyl sites for hydroxylation is 1. The fraction of sp³-hybridized carbons (Fsp3) is 0.353. The summed E-state index contributed by atoms with van der Waals surface area (Å²) < 4.78 is 11.1. The van der Waals surface area contributed by atoms with Crippen molar-refractivity contribution in [1.82, 2.24) is 4.98 Å². The summed E-state index contributed by atoms with van der Waals surface area (Å²) in [5, 5.41) is 14.1. The second-order valence-corrected chi connectivity index (χ2v) is 5.72. The summed E-state index contributed by atoms with van der Waals surface area (Å²) in [6.45, 7) is 3.76. The van der Waals surface area contributed by atoms with Gasteiger partial charge in [-0.2, -0.15) is 0 Å². The number of nitrogens with zero attached hydrogens (tertiary/aromatic N) is 2. The summed E-state index contributed by atoms with van der Waals surface area (Å²) in [6.07, 6.45) is 2.66. The molecule has 1 aliphatic rings. The molecule has 1 N–H and O–H groups in total. The standard InChI is InChI=1S/C17H19N3O4/c1-12-8-14(20(21)22)2-3-16(12)19-10-13-4-6-18-17(9-13)24-15-5-7-23-11-15/h2-4,6,8-9,15,19H,5,7,10-11H2,1H3. The van der Waals surface area contributed by atoms with Crippen molar-refractivity contribution in [2.24, 2.45) is 0 Å². The van der Waals surface area contributed by atoms with E-state index >= 15 is 0 Å². The van der Waals surface area contributed by atoms with Gasteiger partial charge in [-0.15, -0.1) is 0 Å². The number of aromatic nitrogens is 1. The zero-order valence-electron chi connectivity index (χ0n) is 13.4. The van der Waals surface area contributed by atoms with Gasteiger partial charge in [-0.25, -0.2) is 4.98 Å². The maximum atomic E-state index is 10.8. The van der Waals surface area contributed by atoms with Gasteiger partial charge in [0, 0.05) is 43.0 Å². The average Bonchev–Trinajstić information content (AvgIpc) is 3.07. The first-order valence-electron chi connectivity index (χ1n) is 7.80. The highest BCUT2D eigenvalue weighted by atomic mass is 16.6. The lowest BCUT2D eigenvalue weighted by Crippen LogP contribution is -2.16. The lowest BCUT2D eigenvalue weighted by atomic mass is 10.1. The van der Waals surface area contributed by atoms with Crippen LogP contribution in [-0.4, -0.2) is 29.2 Å². The fourth-order valence-electron chi connectivity index (χ4n) is 2.56. The molecule has 1 unspecified atom stereocenters. The molecular formula is C17H19N3O4. The summed E-state index contributed by atoms with van der Waals surface area (Å²) in [5.41, 5.74) is 2.81. The lowest BCUT2D eigenvalue weighted by Gasteiger charge is -2.13. The maximum absolute atomic E-state index is 10.8. The Labute approximate surface area is 139 Å². The third kappa shape index (κ3) is 3.99. The summed E-state index contributed by atoms with van der Waals surface area (Å²) >= 11 is 0. The second kappa shape index (κ2) is 7.27. The molecule has 0 radical (unpaired) electrons. The van der Waals surface area contributed by atoms with Crippen molar-refractivity contribution in [1.29, 1.82) is 0 Å². The van der Waals surface area contributed by atoms with Crippen molar-refractivity contribution in [2.75, 3.05) is 18.5 Å². The number of pyridine rings is 1. The molecule has 1 fully saturated rings. The predicted molar refractivity (Wildman–Crippen MR) is 89.2 cm³/mol. The molecule has 7 heteroatoms. The quantitative estimate of drug-likeness (QED) is 0.647. The SMILES string of the molecule is Cc1cc([N+](=O)[O-])ccc1NCc1ccnc(OC2CCOC2)c1. The van der Waals surface area contributed by atoms with Crippen LogP contribution in [0, 0.1) is 17.0 Å². The molecule has 1 saturated heterocycles. The van der Waals surface area contributed by atoms with Crippen LogP contribution in [0.15, 0.2) is 36.5 Å². The number of rotatable bonds is 6. The number of ether oxygens (including phenoxy) is 2. The monoisotopic (exact) mass is 329 g/mol. The van der Waals surface area contributed by atoms with E-state index in [-0.39, 0.29) is 11.8 Å². The van der Waals surface area contributed by atoms with E-state index in [0.717, 1.165) is 29.8 Å². The summed E-state index contributed by atoms with van der Waals surface area (Å²) in [5.74, 6) is 0.588. The topological polar surface area (TPSA) is 86.5 Å². The summed E-state index contributed by atoms with van der Waals surface area (Å²) in [4.78, 5) is 14.6. The van der Waals surface area contributed by atoms with E-state index in [2.05, 4.69) is 10.3 Å². The number of benzene rings is 1. The molecule has 0 amide bonds. The second-order valence-electron chi connectivity index (χ2n) is 5.72. The first-order valence-corrected chi connectivity index (χ1v) is 7.80. The molecule has 24 heavy (non-hydrogen) atoms. The number of hydrogen-bond donors (Lipinski definition) is 1. The van der Waals surface area contributed by atoms with Crippen molar-refractivity contribution in [3.63, 3.8) is 0 Å². The van der Waals surface area contributed by atoms with Crippen LogP contribution in [0.25, 0.3) is 0 Å². The highest BCUT2D eigenvalue weighted by Gasteiger charge is 2.17. The first kappa shape index (κ1) is 16.2. The molecule has 1 atom stereocenters. The Hall–Kier alpha value is -2.67. The van der Waals surface area contributed by atoms with E-state index in [9.17, 15) is 10.1 Å². The number of anilines is 1. The summed E-state index contributed by atoms with van der Waals surface area (Å²) in [6, 6.07) is 8.58. The Morgan fingerprint density at radius 1 is 1.42 bits per heavy atom. The third-order valence-corrected chi connectivity index (χ3v) is 3.88. The molecule has 2 heterocycles. The highest BCUT2D eigenvalue weighted by molar-refractivity contribution is 5.55. The smallest absolute Gasteiger partial charge is 0.269 e. The molecular weight excluding hydrogens is 310 g/mol. The largest absolute Gasteiger partial charge is 0.472 e. The van der Waals surface area contributed by atoms with Crippen LogP contribution >= 0.6 is 0 Å². The van der Waals surface area contributed by atoms with Crippen LogP contribution in [0.5, 0.6) is 5.88 Å². The van der Waals surface area contributed by atoms with Crippen molar-refractivity contribution < 1.29 is 14.4 Å². The Kier molecular flexibility index (Phi) is 4.90. The average molecular weight is 329 g/mol. The Balaban J connectivity index is 1.63. The van der Waals surface area contributed by atoms with E-state index in [0.29, 0.717) is 19.0 Å². The van der Waals surface area contributed by atoms with Crippen LogP contribution in [0.1, 0.15) is 17.5 Å². The van der Waals surface area contributed by atoms with Crippen LogP contribution in [-0.2, 0) is 11.3 Å². The molecule has 0 spiro atoms. The van der Waals surface area contributed by atoms with Gasteiger partial charge in [0.05, 0.1) is 18.1 Å². The van der Waals surface area contributed by atoms with Gasteiger partial charge in [0.1, 0.15) is 6.10 Å². The van der Waals surface area contributed by atoms with Crippen molar-refractivity contribution >= 4 is 11.4 Å². The van der Waals surface area contributed by atoms with Gasteiger partial charge in [0.25, 0.3) is 5.69 Å². The molecule has 0 bridgehead atoms. The van der Waals surface area contributed by atoms with E-state index in [1.54, 1.807) is 18.3 Å². The van der Waals surface area contributed by atoms with Crippen molar-refractivity contribution in [3.8, 4) is 5.88 Å². The number of nitrogens with one attached hydrogen (secondary N) is 1. The van der Waals surface area contributed by atoms with Crippen LogP contribution in [0.4, 0.5) is 11.4 Å². The van der Waals surface area contributed by atoms with E-state index < -0.39 is 4.92 Å². The van der Waals surface area contributed by atoms with E-state index in [1.807, 2.05) is 19.1 Å². The minimum absolute atomic E-state index is 0.0672. The van der Waals surface area contributed by atoms with Gasteiger partial charge < -0.3 is 14.8 Å². The van der Waals surface area contributed by atoms with Gasteiger partial charge in [0.15, 0.2) is 0 Å². The Bertz CT molecular complexity index is 730. The molecule has 1 aliphatic heterocycles. The highest BCUT2D eigenvalue weighted by Crippen LogP contribution is 2.22. The molecule has 1 aromatic heterocycles. The maximum Gasteiger partial charge on any atom is 0.269 e.